The molecule has 1 aliphatic carbocycles. The highest BCUT2D eigenvalue weighted by Gasteiger charge is 2.43. The average Bonchev–Trinajstić information content (AvgIpc) is 3.48. The van der Waals surface area contributed by atoms with E-state index in [-0.39, 0.29) is 25.0 Å². The number of carboxylic acid groups (broad SMARTS) is 1. The van der Waals surface area contributed by atoms with E-state index in [1.165, 1.54) is 4.90 Å². The fraction of sp³-hybridized carbons (Fsp3) is 0.593. The van der Waals surface area contributed by atoms with Crippen LogP contribution in [0.15, 0.2) is 46.3 Å². The number of rotatable bonds is 13. The molecule has 1 aromatic rings. The van der Waals surface area contributed by atoms with Crippen LogP contribution in [-0.2, 0) is 18.5 Å². The third kappa shape index (κ3) is 9.04. The highest BCUT2D eigenvalue weighted by molar-refractivity contribution is 9.10. The molecule has 1 unspecified atom stereocenters. The molecule has 10 heteroatoms. The Bertz CT molecular complexity index is 930. The van der Waals surface area contributed by atoms with Crippen molar-refractivity contribution < 1.29 is 28.4 Å². The van der Waals surface area contributed by atoms with Gasteiger partial charge >= 0.3 is 12.1 Å². The minimum Gasteiger partial charge on any atom is -0.480 e. The number of nitrogens with zero attached hydrogens (tertiary/aromatic N) is 1. The monoisotopic (exact) mass is 596 g/mol. The smallest absolute Gasteiger partial charge is 0.408 e. The summed E-state index contributed by atoms with van der Waals surface area (Å²) in [6.45, 7) is 5.93. The lowest BCUT2D eigenvalue weighted by molar-refractivity contribution is -0.149. The van der Waals surface area contributed by atoms with Crippen molar-refractivity contribution in [1.82, 2.24) is 10.2 Å². The molecule has 8 nitrogen and oxygen atoms in total. The molecule has 204 valence electrons. The van der Waals surface area contributed by atoms with E-state index in [0.717, 1.165) is 66.4 Å². The van der Waals surface area contributed by atoms with Gasteiger partial charge in [-0.2, -0.15) is 0 Å². The number of carbonyl (C=O) groups is 3. The van der Waals surface area contributed by atoms with Crippen LogP contribution in [0.25, 0.3) is 0 Å². The molecule has 1 saturated heterocycles. The van der Waals surface area contributed by atoms with E-state index in [9.17, 15) is 19.5 Å². The summed E-state index contributed by atoms with van der Waals surface area (Å²) in [6.07, 6.45) is 7.49. The van der Waals surface area contributed by atoms with E-state index in [1.807, 2.05) is 30.3 Å². The molecule has 1 aromatic carbocycles. The van der Waals surface area contributed by atoms with Crippen LogP contribution in [0.5, 0.6) is 0 Å². The molecule has 5 atom stereocenters. The first kappa shape index (κ1) is 29.5. The molecule has 1 saturated carbocycles. The number of ether oxygens (including phenoxy) is 1. The van der Waals surface area contributed by atoms with E-state index >= 15 is 0 Å². The maximum Gasteiger partial charge on any atom is 0.408 e. The van der Waals surface area contributed by atoms with E-state index in [4.69, 9.17) is 8.92 Å². The number of amides is 2. The molecule has 37 heavy (non-hydrogen) atoms. The predicted molar refractivity (Wildman–Crippen MR) is 146 cm³/mol. The lowest BCUT2D eigenvalue weighted by atomic mass is 10.1. The van der Waals surface area contributed by atoms with Crippen LogP contribution < -0.4 is 5.32 Å². The van der Waals surface area contributed by atoms with Crippen LogP contribution in [0.2, 0.25) is 0 Å². The molecule has 1 heterocycles. The van der Waals surface area contributed by atoms with E-state index in [1.54, 1.807) is 0 Å². The van der Waals surface area contributed by atoms with Crippen molar-refractivity contribution in [3.63, 3.8) is 0 Å². The molecule has 3 rings (SSSR count). The summed E-state index contributed by atoms with van der Waals surface area (Å²) < 4.78 is 12.5. The molecular formula is C27H37BrN2O6S. The maximum atomic E-state index is 13.6. The van der Waals surface area contributed by atoms with Crippen molar-refractivity contribution in [3.05, 3.63) is 41.4 Å². The number of hydrogen-bond acceptors (Lipinski definition) is 6. The molecule has 2 aliphatic rings. The Balaban J connectivity index is 1.64. The fourth-order valence-electron chi connectivity index (χ4n) is 4.83. The Morgan fingerprint density at radius 1 is 1.24 bits per heavy atom. The third-order valence-electron chi connectivity index (χ3n) is 6.96. The molecule has 2 amide bonds. The summed E-state index contributed by atoms with van der Waals surface area (Å²) in [5.41, 5.74) is 0. The summed E-state index contributed by atoms with van der Waals surface area (Å²) in [7, 11) is 0. The number of carboxylic acids is 1. The van der Waals surface area contributed by atoms with Crippen molar-refractivity contribution in [2.45, 2.75) is 93.9 Å². The molecular weight excluding hydrogens is 560 g/mol. The van der Waals surface area contributed by atoms with Crippen molar-refractivity contribution in [2.75, 3.05) is 6.54 Å². The second-order valence-corrected chi connectivity index (χ2v) is 11.6. The second-order valence-electron chi connectivity index (χ2n) is 9.81. The summed E-state index contributed by atoms with van der Waals surface area (Å²) in [6, 6.07) is 5.71. The number of aliphatic carboxylic acids is 1. The Hall–Kier alpha value is -2.04. The zero-order chi connectivity index (χ0) is 26.8. The topological polar surface area (TPSA) is 105 Å². The summed E-state index contributed by atoms with van der Waals surface area (Å²) in [5.74, 6) is -1.21. The third-order valence-corrected chi connectivity index (χ3v) is 8.32. The van der Waals surface area contributed by atoms with Crippen LogP contribution in [-0.4, -0.2) is 58.8 Å². The lowest BCUT2D eigenvalue weighted by Gasteiger charge is -2.28. The maximum absolute atomic E-state index is 13.6. The zero-order valence-electron chi connectivity index (χ0n) is 21.3. The van der Waals surface area contributed by atoms with Crippen LogP contribution in [0, 0.1) is 5.92 Å². The van der Waals surface area contributed by atoms with Crippen molar-refractivity contribution in [1.29, 1.82) is 0 Å². The van der Waals surface area contributed by atoms with Gasteiger partial charge in [0.1, 0.15) is 18.2 Å². The number of halogens is 1. The first-order valence-electron chi connectivity index (χ1n) is 13.0. The zero-order valence-corrected chi connectivity index (χ0v) is 23.7. The summed E-state index contributed by atoms with van der Waals surface area (Å²) in [5, 5.41) is 12.6. The van der Waals surface area contributed by atoms with Crippen LogP contribution in [0.1, 0.15) is 64.7 Å². The molecule has 2 N–H and O–H groups in total. The second kappa shape index (κ2) is 14.8. The Morgan fingerprint density at radius 3 is 2.65 bits per heavy atom. The number of alkyl carbamates (subject to hydrolysis) is 1. The van der Waals surface area contributed by atoms with Gasteiger partial charge in [0, 0.05) is 34.4 Å². The van der Waals surface area contributed by atoms with Gasteiger partial charge in [0.05, 0.1) is 6.10 Å². The summed E-state index contributed by atoms with van der Waals surface area (Å²) in [4.78, 5) is 40.5. The number of carbonyl (C=O) groups excluding carboxylic acids is 2. The highest BCUT2D eigenvalue weighted by atomic mass is 79.9. The number of allylic oxidation sites excluding steroid dienone is 1. The normalized spacial score (nSPS) is 24.0. The van der Waals surface area contributed by atoms with Crippen molar-refractivity contribution in [2.24, 2.45) is 5.92 Å². The van der Waals surface area contributed by atoms with Crippen LogP contribution in [0.4, 0.5) is 4.79 Å². The summed E-state index contributed by atoms with van der Waals surface area (Å²) >= 11 is 4.56. The van der Waals surface area contributed by atoms with Crippen molar-refractivity contribution in [3.8, 4) is 0 Å². The first-order valence-corrected chi connectivity index (χ1v) is 14.5. The van der Waals surface area contributed by atoms with Crippen LogP contribution >= 0.6 is 28.0 Å². The quantitative estimate of drug-likeness (QED) is 0.165. The Labute approximate surface area is 231 Å². The first-order chi connectivity index (χ1) is 17.8. The molecule has 1 aliphatic heterocycles. The van der Waals surface area contributed by atoms with Gasteiger partial charge < -0.3 is 24.2 Å². The SMILES string of the molecule is C=CCCCCC[C@H](NC(=O)OC1CCC[C@H]1C)C(=O)N1C[C@@H](OSc2ccc(Br)cc2)C[C@H]1C(=O)O. The van der Waals surface area contributed by atoms with Gasteiger partial charge in [-0.05, 0) is 68.7 Å². The van der Waals surface area contributed by atoms with E-state index in [0.29, 0.717) is 6.42 Å². The average molecular weight is 598 g/mol. The van der Waals surface area contributed by atoms with Gasteiger partial charge in [-0.1, -0.05) is 41.8 Å². The van der Waals surface area contributed by atoms with Crippen molar-refractivity contribution >= 4 is 45.9 Å². The number of nitrogens with one attached hydrogen (secondary N) is 1. The number of benzene rings is 1. The van der Waals surface area contributed by atoms with Gasteiger partial charge in [0.15, 0.2) is 0 Å². The number of likely N-dealkylation sites (tertiary alicyclic amines) is 1. The fourth-order valence-corrected chi connectivity index (χ4v) is 5.73. The van der Waals surface area contributed by atoms with Gasteiger partial charge in [0.25, 0.3) is 0 Å². The number of hydrogen-bond donors (Lipinski definition) is 2. The standard InChI is InChI=1S/C27H37BrN2O6S/c1-3-4-5-6-7-10-22(29-27(34)35-24-11-8-9-18(24)2)25(31)30-17-20(16-23(30)26(32)33)36-37-21-14-12-19(28)13-15-21/h3,12-15,18,20,22-24H,1,4-11,16-17H2,2H3,(H,29,34)(H,32,33)/t18-,20+,22+,23+,24?/m1/s1. The Morgan fingerprint density at radius 2 is 2.00 bits per heavy atom. The van der Waals surface area contributed by atoms with Gasteiger partial charge in [-0.25, -0.2) is 9.59 Å². The minimum absolute atomic E-state index is 0.142. The van der Waals surface area contributed by atoms with E-state index in [2.05, 4.69) is 34.7 Å². The molecule has 0 spiro atoms. The van der Waals surface area contributed by atoms with Gasteiger partial charge in [0.2, 0.25) is 5.91 Å². The molecule has 2 fully saturated rings. The molecule has 0 bridgehead atoms. The largest absolute Gasteiger partial charge is 0.480 e. The molecule has 0 radical (unpaired) electrons. The highest BCUT2D eigenvalue weighted by Crippen LogP contribution is 2.30. The Kier molecular flexibility index (Phi) is 11.8. The lowest BCUT2D eigenvalue weighted by Crippen LogP contribution is -2.52. The minimum atomic E-state index is -1.08. The number of unbranched alkanes of at least 4 members (excludes halogenated alkanes) is 3. The van der Waals surface area contributed by atoms with E-state index < -0.39 is 36.2 Å². The van der Waals surface area contributed by atoms with Gasteiger partial charge in [-0.15, -0.1) is 6.58 Å². The predicted octanol–water partition coefficient (Wildman–Crippen LogP) is 5.95. The molecule has 0 aromatic heterocycles. The van der Waals surface area contributed by atoms with Crippen LogP contribution in [0.3, 0.4) is 0 Å². The van der Waals surface area contributed by atoms with Gasteiger partial charge in [-0.3, -0.25) is 4.79 Å².